The molecule has 0 aliphatic rings. The lowest BCUT2D eigenvalue weighted by Crippen LogP contribution is -2.23. The lowest BCUT2D eigenvalue weighted by Gasteiger charge is -2.08. The Balaban J connectivity index is 1.61. The highest BCUT2D eigenvalue weighted by atomic mass is 35.5. The molecule has 0 unspecified atom stereocenters. The maximum atomic E-state index is 5.89. The van der Waals surface area contributed by atoms with Gasteiger partial charge in [0.2, 0.25) is 0 Å². The summed E-state index contributed by atoms with van der Waals surface area (Å²) in [5.74, 6) is 0.706. The van der Waals surface area contributed by atoms with Gasteiger partial charge in [-0.1, -0.05) is 23.2 Å². The summed E-state index contributed by atoms with van der Waals surface area (Å²) in [5, 5.41) is 8.79. The first kappa shape index (κ1) is 14.7. The molecule has 0 saturated carbocycles. The van der Waals surface area contributed by atoms with Gasteiger partial charge in [-0.05, 0) is 53.6 Å². The molecule has 1 aromatic carbocycles. The third kappa shape index (κ3) is 5.41. The molecule has 1 heterocycles. The summed E-state index contributed by atoms with van der Waals surface area (Å²) in [6.45, 7) is 2.35. The highest BCUT2D eigenvalue weighted by molar-refractivity contribution is 7.07. The van der Waals surface area contributed by atoms with Crippen LogP contribution in [0.5, 0.6) is 5.75 Å². The van der Waals surface area contributed by atoms with Crippen molar-refractivity contribution >= 4 is 34.5 Å². The standard InChI is InChI=1S/C14H15Cl2NOS/c15-12-7-13(16)9-14(8-12)18-5-4-17-3-1-11-2-6-19-10-11/h2,6-10,17H,1,3-5H2. The second-order valence-corrected chi connectivity index (χ2v) is 5.74. The Morgan fingerprint density at radius 2 is 1.89 bits per heavy atom. The van der Waals surface area contributed by atoms with Gasteiger partial charge in [0, 0.05) is 16.6 Å². The van der Waals surface area contributed by atoms with E-state index in [0.29, 0.717) is 22.4 Å². The summed E-state index contributed by atoms with van der Waals surface area (Å²) < 4.78 is 5.58. The van der Waals surface area contributed by atoms with E-state index in [9.17, 15) is 0 Å². The van der Waals surface area contributed by atoms with E-state index >= 15 is 0 Å². The quantitative estimate of drug-likeness (QED) is 0.770. The van der Waals surface area contributed by atoms with Gasteiger partial charge in [0.25, 0.3) is 0 Å². The lowest BCUT2D eigenvalue weighted by atomic mass is 10.2. The predicted octanol–water partition coefficient (Wildman–Crippen LogP) is 4.27. The minimum absolute atomic E-state index is 0.591. The number of halogens is 2. The van der Waals surface area contributed by atoms with Crippen molar-refractivity contribution in [2.24, 2.45) is 0 Å². The molecular formula is C14H15Cl2NOS. The number of ether oxygens (including phenoxy) is 1. The zero-order chi connectivity index (χ0) is 13.5. The van der Waals surface area contributed by atoms with Crippen molar-refractivity contribution in [2.45, 2.75) is 6.42 Å². The fourth-order valence-corrected chi connectivity index (χ4v) is 2.85. The molecule has 5 heteroatoms. The number of hydrogen-bond acceptors (Lipinski definition) is 3. The molecule has 0 atom stereocenters. The molecule has 0 radical (unpaired) electrons. The van der Waals surface area contributed by atoms with Crippen LogP contribution in [-0.2, 0) is 6.42 Å². The van der Waals surface area contributed by atoms with Crippen molar-refractivity contribution in [1.29, 1.82) is 0 Å². The summed E-state index contributed by atoms with van der Waals surface area (Å²) >= 11 is 13.5. The van der Waals surface area contributed by atoms with Crippen molar-refractivity contribution < 1.29 is 4.74 Å². The van der Waals surface area contributed by atoms with Crippen LogP contribution in [0.15, 0.2) is 35.0 Å². The molecular weight excluding hydrogens is 301 g/mol. The largest absolute Gasteiger partial charge is 0.492 e. The molecule has 0 amide bonds. The van der Waals surface area contributed by atoms with Crippen molar-refractivity contribution in [1.82, 2.24) is 5.32 Å². The Morgan fingerprint density at radius 3 is 2.58 bits per heavy atom. The van der Waals surface area contributed by atoms with Crippen molar-refractivity contribution in [3.63, 3.8) is 0 Å². The Kier molecular flexibility index (Phi) is 5.98. The number of benzene rings is 1. The van der Waals surface area contributed by atoms with Crippen LogP contribution < -0.4 is 10.1 Å². The third-order valence-electron chi connectivity index (χ3n) is 2.55. The molecule has 102 valence electrons. The van der Waals surface area contributed by atoms with E-state index in [4.69, 9.17) is 27.9 Å². The normalized spacial score (nSPS) is 10.6. The highest BCUT2D eigenvalue weighted by Crippen LogP contribution is 2.23. The minimum Gasteiger partial charge on any atom is -0.492 e. The molecule has 0 aliphatic carbocycles. The minimum atomic E-state index is 0.591. The number of thiophene rings is 1. The molecule has 2 rings (SSSR count). The van der Waals surface area contributed by atoms with E-state index in [1.54, 1.807) is 29.5 Å². The SMILES string of the molecule is Clc1cc(Cl)cc(OCCNCCc2ccsc2)c1. The first-order valence-corrected chi connectivity index (χ1v) is 7.74. The summed E-state index contributed by atoms with van der Waals surface area (Å²) in [6, 6.07) is 7.36. The smallest absolute Gasteiger partial charge is 0.122 e. The van der Waals surface area contributed by atoms with Crippen molar-refractivity contribution in [3.05, 3.63) is 50.6 Å². The average Bonchev–Trinajstić information content (AvgIpc) is 2.85. The predicted molar refractivity (Wildman–Crippen MR) is 82.8 cm³/mol. The summed E-state index contributed by atoms with van der Waals surface area (Å²) in [7, 11) is 0. The fraction of sp³-hybridized carbons (Fsp3) is 0.286. The second kappa shape index (κ2) is 7.75. The molecule has 0 fully saturated rings. The molecule has 1 aromatic heterocycles. The van der Waals surface area contributed by atoms with Gasteiger partial charge in [-0.2, -0.15) is 11.3 Å². The molecule has 2 nitrogen and oxygen atoms in total. The zero-order valence-corrected chi connectivity index (χ0v) is 12.7. The fourth-order valence-electron chi connectivity index (χ4n) is 1.65. The Morgan fingerprint density at radius 1 is 1.11 bits per heavy atom. The number of hydrogen-bond donors (Lipinski definition) is 1. The summed E-state index contributed by atoms with van der Waals surface area (Å²) in [6.07, 6.45) is 1.05. The van der Waals surface area contributed by atoms with Gasteiger partial charge >= 0.3 is 0 Å². The molecule has 0 saturated heterocycles. The van der Waals surface area contributed by atoms with Crippen LogP contribution in [0.1, 0.15) is 5.56 Å². The first-order valence-electron chi connectivity index (χ1n) is 6.05. The van der Waals surface area contributed by atoms with Gasteiger partial charge in [0.1, 0.15) is 12.4 Å². The average molecular weight is 316 g/mol. The van der Waals surface area contributed by atoms with Gasteiger partial charge in [-0.25, -0.2) is 0 Å². The van der Waals surface area contributed by atoms with E-state index in [1.165, 1.54) is 5.56 Å². The zero-order valence-electron chi connectivity index (χ0n) is 10.4. The van der Waals surface area contributed by atoms with Crippen LogP contribution in [0.2, 0.25) is 10.0 Å². The van der Waals surface area contributed by atoms with Crippen LogP contribution in [-0.4, -0.2) is 19.7 Å². The maximum Gasteiger partial charge on any atom is 0.122 e. The topological polar surface area (TPSA) is 21.3 Å². The second-order valence-electron chi connectivity index (χ2n) is 4.09. The Labute approximate surface area is 127 Å². The molecule has 2 aromatic rings. The van der Waals surface area contributed by atoms with Crippen LogP contribution in [0, 0.1) is 0 Å². The highest BCUT2D eigenvalue weighted by Gasteiger charge is 1.99. The van der Waals surface area contributed by atoms with Crippen LogP contribution in [0.3, 0.4) is 0 Å². The van der Waals surface area contributed by atoms with Crippen LogP contribution in [0.4, 0.5) is 0 Å². The van der Waals surface area contributed by atoms with Gasteiger partial charge in [-0.15, -0.1) is 0 Å². The van der Waals surface area contributed by atoms with Crippen molar-refractivity contribution in [3.8, 4) is 5.75 Å². The number of nitrogens with one attached hydrogen (secondary N) is 1. The summed E-state index contributed by atoms with van der Waals surface area (Å²) in [4.78, 5) is 0. The Bertz CT molecular complexity index is 482. The van der Waals surface area contributed by atoms with E-state index in [0.717, 1.165) is 19.5 Å². The van der Waals surface area contributed by atoms with Gasteiger partial charge < -0.3 is 10.1 Å². The first-order chi connectivity index (χ1) is 9.24. The van der Waals surface area contributed by atoms with Crippen LogP contribution in [0.25, 0.3) is 0 Å². The van der Waals surface area contributed by atoms with Gasteiger partial charge in [-0.3, -0.25) is 0 Å². The Hall–Kier alpha value is -0.740. The van der Waals surface area contributed by atoms with E-state index in [1.807, 2.05) is 0 Å². The van der Waals surface area contributed by atoms with E-state index in [-0.39, 0.29) is 0 Å². The third-order valence-corrected chi connectivity index (χ3v) is 3.72. The molecule has 0 bridgehead atoms. The maximum absolute atomic E-state index is 5.89. The molecule has 19 heavy (non-hydrogen) atoms. The molecule has 0 spiro atoms. The van der Waals surface area contributed by atoms with Gasteiger partial charge in [0.05, 0.1) is 0 Å². The number of rotatable bonds is 7. The lowest BCUT2D eigenvalue weighted by molar-refractivity contribution is 0.314. The van der Waals surface area contributed by atoms with Gasteiger partial charge in [0.15, 0.2) is 0 Å². The molecule has 0 aliphatic heterocycles. The van der Waals surface area contributed by atoms with E-state index < -0.39 is 0 Å². The van der Waals surface area contributed by atoms with E-state index in [2.05, 4.69) is 22.1 Å². The van der Waals surface area contributed by atoms with Crippen molar-refractivity contribution in [2.75, 3.05) is 19.7 Å². The van der Waals surface area contributed by atoms with Crippen LogP contribution >= 0.6 is 34.5 Å². The monoisotopic (exact) mass is 315 g/mol. The summed E-state index contributed by atoms with van der Waals surface area (Å²) in [5.41, 5.74) is 1.38. The molecule has 1 N–H and O–H groups in total.